The first-order valence-corrected chi connectivity index (χ1v) is 6.63. The molecule has 0 radical (unpaired) electrons. The van der Waals surface area contributed by atoms with E-state index in [-0.39, 0.29) is 5.84 Å². The van der Waals surface area contributed by atoms with Crippen LogP contribution < -0.4 is 5.73 Å². The maximum absolute atomic E-state index is 13.2. The van der Waals surface area contributed by atoms with E-state index in [1.807, 2.05) is 30.3 Å². The average molecular weight is 276 g/mol. The molecule has 5 heteroatoms. The van der Waals surface area contributed by atoms with Crippen LogP contribution in [0.15, 0.2) is 58.6 Å². The Morgan fingerprint density at radius 1 is 1.21 bits per heavy atom. The van der Waals surface area contributed by atoms with Gasteiger partial charge in [0.15, 0.2) is 5.84 Å². The van der Waals surface area contributed by atoms with Crippen LogP contribution >= 0.6 is 11.8 Å². The Morgan fingerprint density at radius 2 is 1.95 bits per heavy atom. The Bertz CT molecular complexity index is 587. The highest BCUT2D eigenvalue weighted by Crippen LogP contribution is 2.24. The average Bonchev–Trinajstić information content (AvgIpc) is 2.46. The summed E-state index contributed by atoms with van der Waals surface area (Å²) in [5.41, 5.74) is 6.80. The summed E-state index contributed by atoms with van der Waals surface area (Å²) in [6.07, 6.45) is 0. The van der Waals surface area contributed by atoms with Crippen LogP contribution in [0.3, 0.4) is 0 Å². The van der Waals surface area contributed by atoms with Crippen molar-refractivity contribution < 1.29 is 9.60 Å². The molecule has 0 amide bonds. The molecule has 0 fully saturated rings. The lowest BCUT2D eigenvalue weighted by Gasteiger charge is -2.08. The maximum atomic E-state index is 13.2. The molecule has 3 N–H and O–H groups in total. The Hall–Kier alpha value is -2.01. The van der Waals surface area contributed by atoms with Crippen molar-refractivity contribution in [3.8, 4) is 0 Å². The summed E-state index contributed by atoms with van der Waals surface area (Å²) >= 11 is 1.61. The number of nitrogens with two attached hydrogens (primary N) is 1. The molecule has 0 aliphatic heterocycles. The van der Waals surface area contributed by atoms with Crippen LogP contribution in [-0.2, 0) is 5.75 Å². The molecule has 0 heterocycles. The lowest BCUT2D eigenvalue weighted by molar-refractivity contribution is 0.318. The van der Waals surface area contributed by atoms with E-state index < -0.39 is 5.82 Å². The Balaban J connectivity index is 2.20. The Morgan fingerprint density at radius 3 is 2.63 bits per heavy atom. The summed E-state index contributed by atoms with van der Waals surface area (Å²) < 4.78 is 13.2. The first-order valence-electron chi connectivity index (χ1n) is 5.65. The SMILES string of the molecule is NC(=NO)c1cc(F)ccc1CSc1ccccc1. The second kappa shape index (κ2) is 6.24. The highest BCUT2D eigenvalue weighted by molar-refractivity contribution is 7.98. The van der Waals surface area contributed by atoms with E-state index in [1.165, 1.54) is 12.1 Å². The fourth-order valence-electron chi connectivity index (χ4n) is 1.64. The van der Waals surface area contributed by atoms with Crippen LogP contribution in [0.2, 0.25) is 0 Å². The monoisotopic (exact) mass is 276 g/mol. The van der Waals surface area contributed by atoms with Gasteiger partial charge in [-0.2, -0.15) is 0 Å². The van der Waals surface area contributed by atoms with Gasteiger partial charge in [-0.25, -0.2) is 4.39 Å². The van der Waals surface area contributed by atoms with Gasteiger partial charge in [0, 0.05) is 16.2 Å². The largest absolute Gasteiger partial charge is 0.409 e. The van der Waals surface area contributed by atoms with Gasteiger partial charge in [-0.3, -0.25) is 0 Å². The van der Waals surface area contributed by atoms with Gasteiger partial charge in [-0.1, -0.05) is 29.4 Å². The molecule has 2 aromatic carbocycles. The summed E-state index contributed by atoms with van der Waals surface area (Å²) in [5, 5.41) is 11.7. The van der Waals surface area contributed by atoms with Gasteiger partial charge in [0.2, 0.25) is 0 Å². The standard InChI is InChI=1S/C14H13FN2OS/c15-11-7-6-10(13(8-11)14(16)17-18)9-19-12-4-2-1-3-5-12/h1-8,18H,9H2,(H2,16,17). The number of nitrogens with zero attached hydrogens (tertiary/aromatic N) is 1. The minimum absolute atomic E-state index is 0.0804. The quantitative estimate of drug-likeness (QED) is 0.296. The molecule has 0 aromatic heterocycles. The molecule has 0 spiro atoms. The highest BCUT2D eigenvalue weighted by Gasteiger charge is 2.09. The van der Waals surface area contributed by atoms with Crippen molar-refractivity contribution in [1.82, 2.24) is 0 Å². The molecule has 0 aliphatic rings. The molecule has 3 nitrogen and oxygen atoms in total. The molecule has 0 bridgehead atoms. The lowest BCUT2D eigenvalue weighted by atomic mass is 10.1. The summed E-state index contributed by atoms with van der Waals surface area (Å²) in [5.74, 6) is 0.133. The van der Waals surface area contributed by atoms with E-state index in [1.54, 1.807) is 17.8 Å². The van der Waals surface area contributed by atoms with Crippen LogP contribution in [0.5, 0.6) is 0 Å². The number of oxime groups is 1. The van der Waals surface area contributed by atoms with Gasteiger partial charge in [0.1, 0.15) is 5.82 Å². The van der Waals surface area contributed by atoms with Crippen molar-refractivity contribution in [3.63, 3.8) is 0 Å². The van der Waals surface area contributed by atoms with E-state index >= 15 is 0 Å². The molecular weight excluding hydrogens is 263 g/mol. The third-order valence-corrected chi connectivity index (χ3v) is 3.65. The maximum Gasteiger partial charge on any atom is 0.170 e. The van der Waals surface area contributed by atoms with Gasteiger partial charge in [-0.05, 0) is 29.8 Å². The normalized spacial score (nSPS) is 11.5. The third kappa shape index (κ3) is 3.48. The zero-order valence-electron chi connectivity index (χ0n) is 10.1. The molecule has 98 valence electrons. The van der Waals surface area contributed by atoms with E-state index in [4.69, 9.17) is 10.9 Å². The number of amidine groups is 1. The van der Waals surface area contributed by atoms with Crippen molar-refractivity contribution in [3.05, 3.63) is 65.5 Å². The van der Waals surface area contributed by atoms with Crippen molar-refractivity contribution in [2.45, 2.75) is 10.6 Å². The Labute approximate surface area is 114 Å². The lowest BCUT2D eigenvalue weighted by Crippen LogP contribution is -2.15. The fourth-order valence-corrected chi connectivity index (χ4v) is 2.57. The molecule has 2 rings (SSSR count). The molecular formula is C14H13FN2OS. The minimum atomic E-state index is -0.407. The van der Waals surface area contributed by atoms with Crippen LogP contribution in [0.1, 0.15) is 11.1 Å². The number of thioether (sulfide) groups is 1. The number of rotatable bonds is 4. The molecule has 0 atom stereocenters. The predicted molar refractivity (Wildman–Crippen MR) is 74.9 cm³/mol. The van der Waals surface area contributed by atoms with Crippen molar-refractivity contribution in [1.29, 1.82) is 0 Å². The van der Waals surface area contributed by atoms with Crippen molar-refractivity contribution in [2.24, 2.45) is 10.9 Å². The zero-order valence-corrected chi connectivity index (χ0v) is 10.9. The van der Waals surface area contributed by atoms with Gasteiger partial charge >= 0.3 is 0 Å². The number of hydrogen-bond donors (Lipinski definition) is 2. The second-order valence-corrected chi connectivity index (χ2v) is 4.94. The highest BCUT2D eigenvalue weighted by atomic mass is 32.2. The van der Waals surface area contributed by atoms with Gasteiger partial charge in [0.25, 0.3) is 0 Å². The zero-order chi connectivity index (χ0) is 13.7. The molecule has 0 saturated heterocycles. The molecule has 0 aliphatic carbocycles. The van der Waals surface area contributed by atoms with Gasteiger partial charge in [0.05, 0.1) is 0 Å². The smallest absolute Gasteiger partial charge is 0.170 e. The van der Waals surface area contributed by atoms with Gasteiger partial charge < -0.3 is 10.9 Å². The summed E-state index contributed by atoms with van der Waals surface area (Å²) in [6, 6.07) is 14.1. The first kappa shape index (κ1) is 13.4. The molecule has 2 aromatic rings. The number of benzene rings is 2. The van der Waals surface area contributed by atoms with Crippen LogP contribution in [0.4, 0.5) is 4.39 Å². The summed E-state index contributed by atoms with van der Waals surface area (Å²) in [7, 11) is 0. The van der Waals surface area contributed by atoms with Crippen LogP contribution in [-0.4, -0.2) is 11.0 Å². The minimum Gasteiger partial charge on any atom is -0.409 e. The van der Waals surface area contributed by atoms with E-state index in [0.29, 0.717) is 11.3 Å². The van der Waals surface area contributed by atoms with E-state index in [2.05, 4.69) is 5.16 Å². The van der Waals surface area contributed by atoms with E-state index in [9.17, 15) is 4.39 Å². The van der Waals surface area contributed by atoms with Gasteiger partial charge in [-0.15, -0.1) is 11.8 Å². The molecule has 0 saturated carbocycles. The van der Waals surface area contributed by atoms with Crippen LogP contribution in [0, 0.1) is 5.82 Å². The summed E-state index contributed by atoms with van der Waals surface area (Å²) in [4.78, 5) is 1.11. The van der Waals surface area contributed by atoms with E-state index in [0.717, 1.165) is 10.5 Å². The third-order valence-electron chi connectivity index (χ3n) is 2.59. The second-order valence-electron chi connectivity index (χ2n) is 3.89. The topological polar surface area (TPSA) is 58.6 Å². The first-order chi connectivity index (χ1) is 9.20. The Kier molecular flexibility index (Phi) is 4.41. The fraction of sp³-hybridized carbons (Fsp3) is 0.0714. The molecule has 19 heavy (non-hydrogen) atoms. The predicted octanol–water partition coefficient (Wildman–Crippen LogP) is 3.21. The summed E-state index contributed by atoms with van der Waals surface area (Å²) in [6.45, 7) is 0. The molecule has 0 unspecified atom stereocenters. The van der Waals surface area contributed by atoms with Crippen molar-refractivity contribution >= 4 is 17.6 Å². The number of halogens is 1. The van der Waals surface area contributed by atoms with Crippen molar-refractivity contribution in [2.75, 3.05) is 0 Å². The van der Waals surface area contributed by atoms with Crippen LogP contribution in [0.25, 0.3) is 0 Å². The number of hydrogen-bond acceptors (Lipinski definition) is 3.